The Hall–Kier alpha value is -2.62. The molecule has 1 aromatic rings. The maximum atomic E-state index is 13.6. The maximum Gasteiger partial charge on any atom is 0.337 e. The highest BCUT2D eigenvalue weighted by molar-refractivity contribution is 6.00. The fourth-order valence-corrected chi connectivity index (χ4v) is 1.49. The molecule has 6 nitrogen and oxygen atoms in total. The summed E-state index contributed by atoms with van der Waals surface area (Å²) in [6.07, 6.45) is 0.118. The Morgan fingerprint density at radius 1 is 1.55 bits per heavy atom. The fourth-order valence-electron chi connectivity index (χ4n) is 1.49. The van der Waals surface area contributed by atoms with Gasteiger partial charge in [-0.1, -0.05) is 6.07 Å². The first kappa shape index (κ1) is 15.4. The maximum absolute atomic E-state index is 13.6. The van der Waals surface area contributed by atoms with Crippen molar-refractivity contribution in [3.8, 4) is 6.07 Å². The van der Waals surface area contributed by atoms with Gasteiger partial charge in [0.15, 0.2) is 0 Å². The molecule has 0 fully saturated rings. The van der Waals surface area contributed by atoms with Gasteiger partial charge in [0.05, 0.1) is 23.7 Å². The van der Waals surface area contributed by atoms with Crippen molar-refractivity contribution in [3.63, 3.8) is 0 Å². The normalized spacial score (nSPS) is 11.3. The minimum atomic E-state index is -1.34. The van der Waals surface area contributed by atoms with Gasteiger partial charge in [-0.3, -0.25) is 0 Å². The monoisotopic (exact) mass is 279 g/mol. The van der Waals surface area contributed by atoms with E-state index in [1.54, 1.807) is 6.92 Å². The summed E-state index contributed by atoms with van der Waals surface area (Å²) in [7, 11) is 1.44. The average Bonchev–Trinajstić information content (AvgIpc) is 2.39. The predicted molar refractivity (Wildman–Crippen MR) is 69.8 cm³/mol. The summed E-state index contributed by atoms with van der Waals surface area (Å²) in [5.74, 6) is -2.17. The van der Waals surface area contributed by atoms with E-state index in [4.69, 9.17) is 10.4 Å². The van der Waals surface area contributed by atoms with Crippen LogP contribution in [0.15, 0.2) is 18.2 Å². The van der Waals surface area contributed by atoms with Gasteiger partial charge in [0.25, 0.3) is 0 Å². The zero-order chi connectivity index (χ0) is 15.3. The molecule has 0 bridgehead atoms. The number of nitrogens with zero attached hydrogens (tertiary/aromatic N) is 2. The highest BCUT2D eigenvalue weighted by Crippen LogP contribution is 2.20. The van der Waals surface area contributed by atoms with Crippen molar-refractivity contribution in [1.29, 1.82) is 5.26 Å². The van der Waals surface area contributed by atoms with E-state index in [0.29, 0.717) is 0 Å². The van der Waals surface area contributed by atoms with E-state index in [1.807, 2.05) is 6.07 Å². The van der Waals surface area contributed by atoms with Gasteiger partial charge in [0.2, 0.25) is 0 Å². The van der Waals surface area contributed by atoms with Crippen LogP contribution in [0.1, 0.15) is 23.7 Å². The number of para-hydroxylation sites is 1. The first-order valence-corrected chi connectivity index (χ1v) is 5.81. The minimum Gasteiger partial charge on any atom is -0.478 e. The molecular formula is C13H14FN3O3. The Labute approximate surface area is 115 Å². The second kappa shape index (κ2) is 6.52. The molecule has 0 aliphatic heterocycles. The molecule has 0 aliphatic carbocycles. The molecular weight excluding hydrogens is 265 g/mol. The number of urea groups is 1. The van der Waals surface area contributed by atoms with Gasteiger partial charge in [0, 0.05) is 13.1 Å². The van der Waals surface area contributed by atoms with Crippen molar-refractivity contribution in [3.05, 3.63) is 29.6 Å². The number of carboxylic acid groups (broad SMARTS) is 1. The average molecular weight is 279 g/mol. The van der Waals surface area contributed by atoms with Crippen LogP contribution in [0, 0.1) is 17.1 Å². The van der Waals surface area contributed by atoms with Crippen LogP contribution < -0.4 is 5.32 Å². The quantitative estimate of drug-likeness (QED) is 0.884. The summed E-state index contributed by atoms with van der Waals surface area (Å²) < 4.78 is 13.6. The van der Waals surface area contributed by atoms with Crippen LogP contribution in [0.2, 0.25) is 0 Å². The SMILES string of the molecule is CC(CC#N)N(C)C(=O)Nc1c(F)cccc1C(=O)O. The Kier molecular flexibility index (Phi) is 5.03. The van der Waals surface area contributed by atoms with Gasteiger partial charge >= 0.3 is 12.0 Å². The summed E-state index contributed by atoms with van der Waals surface area (Å²) in [5, 5.41) is 19.8. The number of rotatable bonds is 4. The summed E-state index contributed by atoms with van der Waals surface area (Å²) in [6.45, 7) is 1.66. The second-order valence-corrected chi connectivity index (χ2v) is 4.22. The van der Waals surface area contributed by atoms with E-state index in [-0.39, 0.29) is 23.7 Å². The number of hydrogen-bond acceptors (Lipinski definition) is 3. The van der Waals surface area contributed by atoms with Crippen molar-refractivity contribution in [2.45, 2.75) is 19.4 Å². The van der Waals surface area contributed by atoms with Crippen LogP contribution in [0.3, 0.4) is 0 Å². The number of benzene rings is 1. The van der Waals surface area contributed by atoms with Crippen molar-refractivity contribution in [2.24, 2.45) is 0 Å². The number of hydrogen-bond donors (Lipinski definition) is 2. The number of carboxylic acids is 1. The lowest BCUT2D eigenvalue weighted by Gasteiger charge is -2.23. The van der Waals surface area contributed by atoms with E-state index < -0.39 is 17.8 Å². The number of carbonyl (C=O) groups is 2. The number of amides is 2. The fraction of sp³-hybridized carbons (Fsp3) is 0.308. The Morgan fingerprint density at radius 2 is 2.20 bits per heavy atom. The Balaban J connectivity index is 2.97. The van der Waals surface area contributed by atoms with Gasteiger partial charge in [0.1, 0.15) is 5.82 Å². The molecule has 1 aromatic carbocycles. The van der Waals surface area contributed by atoms with E-state index in [1.165, 1.54) is 24.1 Å². The number of halogens is 1. The van der Waals surface area contributed by atoms with Crippen LogP contribution in [-0.4, -0.2) is 35.1 Å². The van der Waals surface area contributed by atoms with Crippen LogP contribution in [0.25, 0.3) is 0 Å². The third-order valence-corrected chi connectivity index (χ3v) is 2.84. The topological polar surface area (TPSA) is 93.4 Å². The van der Waals surface area contributed by atoms with Crippen LogP contribution in [-0.2, 0) is 0 Å². The van der Waals surface area contributed by atoms with Gasteiger partial charge in [-0.15, -0.1) is 0 Å². The summed E-state index contributed by atoms with van der Waals surface area (Å²) in [5.41, 5.74) is -0.722. The largest absolute Gasteiger partial charge is 0.478 e. The van der Waals surface area contributed by atoms with Crippen LogP contribution >= 0.6 is 0 Å². The molecule has 1 unspecified atom stereocenters. The Bertz CT molecular complexity index is 568. The second-order valence-electron chi connectivity index (χ2n) is 4.22. The lowest BCUT2D eigenvalue weighted by molar-refractivity contribution is 0.0697. The Morgan fingerprint density at radius 3 is 2.75 bits per heavy atom. The summed E-state index contributed by atoms with van der Waals surface area (Å²) in [4.78, 5) is 24.1. The highest BCUT2D eigenvalue weighted by atomic mass is 19.1. The zero-order valence-electron chi connectivity index (χ0n) is 11.1. The third kappa shape index (κ3) is 3.45. The molecule has 0 saturated heterocycles. The van der Waals surface area contributed by atoms with E-state index in [0.717, 1.165) is 6.07 Å². The van der Waals surface area contributed by atoms with Gasteiger partial charge in [-0.05, 0) is 19.1 Å². The first-order valence-electron chi connectivity index (χ1n) is 5.81. The lowest BCUT2D eigenvalue weighted by atomic mass is 10.1. The summed E-state index contributed by atoms with van der Waals surface area (Å²) >= 11 is 0. The lowest BCUT2D eigenvalue weighted by Crippen LogP contribution is -2.38. The van der Waals surface area contributed by atoms with E-state index in [2.05, 4.69) is 5.32 Å². The number of nitrogens with one attached hydrogen (secondary N) is 1. The van der Waals surface area contributed by atoms with Gasteiger partial charge < -0.3 is 15.3 Å². The molecule has 106 valence electrons. The molecule has 2 N–H and O–H groups in total. The smallest absolute Gasteiger partial charge is 0.337 e. The van der Waals surface area contributed by atoms with Gasteiger partial charge in [-0.25, -0.2) is 14.0 Å². The number of nitriles is 1. The number of anilines is 1. The highest BCUT2D eigenvalue weighted by Gasteiger charge is 2.20. The van der Waals surface area contributed by atoms with Crippen molar-refractivity contribution >= 4 is 17.7 Å². The molecule has 1 atom stereocenters. The van der Waals surface area contributed by atoms with Crippen LogP contribution in [0.4, 0.5) is 14.9 Å². The molecule has 1 rings (SSSR count). The zero-order valence-corrected chi connectivity index (χ0v) is 11.1. The van der Waals surface area contributed by atoms with Crippen LogP contribution in [0.5, 0.6) is 0 Å². The number of aromatic carboxylic acids is 1. The molecule has 2 amide bonds. The summed E-state index contributed by atoms with van der Waals surface area (Å²) in [6, 6.07) is 4.36. The van der Waals surface area contributed by atoms with Crippen molar-refractivity contribution in [1.82, 2.24) is 4.90 Å². The molecule has 0 aliphatic rings. The van der Waals surface area contributed by atoms with Gasteiger partial charge in [-0.2, -0.15) is 5.26 Å². The standard InChI is InChI=1S/C13H14FN3O3/c1-8(6-7-15)17(2)13(20)16-11-9(12(18)19)4-3-5-10(11)14/h3-5,8H,6H2,1-2H3,(H,16,20)(H,18,19). The van der Waals surface area contributed by atoms with E-state index in [9.17, 15) is 14.0 Å². The number of carbonyl (C=O) groups excluding carboxylic acids is 1. The molecule has 7 heteroatoms. The molecule has 0 spiro atoms. The molecule has 20 heavy (non-hydrogen) atoms. The van der Waals surface area contributed by atoms with Crippen molar-refractivity contribution in [2.75, 3.05) is 12.4 Å². The van der Waals surface area contributed by atoms with E-state index >= 15 is 0 Å². The minimum absolute atomic E-state index is 0.118. The molecule has 0 aromatic heterocycles. The molecule has 0 radical (unpaired) electrons. The van der Waals surface area contributed by atoms with Crippen molar-refractivity contribution < 1.29 is 19.1 Å². The predicted octanol–water partition coefficient (Wildman–Crippen LogP) is 2.29. The molecule has 0 saturated carbocycles. The first-order chi connectivity index (χ1) is 9.38. The third-order valence-electron chi connectivity index (χ3n) is 2.84. The molecule has 0 heterocycles.